The van der Waals surface area contributed by atoms with Gasteiger partial charge in [0.15, 0.2) is 0 Å². The fourth-order valence-corrected chi connectivity index (χ4v) is 2.65. The van der Waals surface area contributed by atoms with Gasteiger partial charge in [-0.2, -0.15) is 0 Å². The van der Waals surface area contributed by atoms with E-state index in [0.29, 0.717) is 18.8 Å². The molecule has 1 aromatic rings. The fraction of sp³-hybridized carbons (Fsp3) is 0.429. The largest absolute Gasteiger partial charge is 0.296 e. The van der Waals surface area contributed by atoms with Crippen LogP contribution in [-0.2, 0) is 9.59 Å². The number of imide groups is 1. The van der Waals surface area contributed by atoms with Gasteiger partial charge in [-0.05, 0) is 29.9 Å². The number of amides is 2. The lowest BCUT2D eigenvalue weighted by Crippen LogP contribution is -2.37. The minimum absolute atomic E-state index is 0.0769. The van der Waals surface area contributed by atoms with Crippen molar-refractivity contribution in [1.29, 1.82) is 0 Å². The molecule has 0 unspecified atom stereocenters. The summed E-state index contributed by atoms with van der Waals surface area (Å²) in [7, 11) is 0. The van der Waals surface area contributed by atoms with E-state index in [1.807, 2.05) is 12.1 Å². The minimum Gasteiger partial charge on any atom is -0.296 e. The maximum Gasteiger partial charge on any atom is 0.227 e. The molecule has 3 nitrogen and oxygen atoms in total. The highest BCUT2D eigenvalue weighted by molar-refractivity contribution is 5.98. The lowest BCUT2D eigenvalue weighted by Gasteiger charge is -2.23. The topological polar surface area (TPSA) is 46.2 Å². The van der Waals surface area contributed by atoms with Gasteiger partial charge < -0.3 is 0 Å². The van der Waals surface area contributed by atoms with Crippen molar-refractivity contribution in [3.8, 4) is 0 Å². The highest BCUT2D eigenvalue weighted by Gasteiger charge is 2.32. The third-order valence-electron chi connectivity index (χ3n) is 3.60. The second-order valence-electron chi connectivity index (χ2n) is 4.98. The van der Waals surface area contributed by atoms with Gasteiger partial charge in [0.25, 0.3) is 0 Å². The molecule has 0 atom stereocenters. The van der Waals surface area contributed by atoms with E-state index in [9.17, 15) is 9.59 Å². The van der Waals surface area contributed by atoms with Crippen LogP contribution in [0.15, 0.2) is 24.3 Å². The molecule has 2 aliphatic rings. The van der Waals surface area contributed by atoms with Crippen molar-refractivity contribution >= 4 is 11.8 Å². The highest BCUT2D eigenvalue weighted by atomic mass is 16.2. The number of hydrogen-bond acceptors (Lipinski definition) is 2. The Morgan fingerprint density at radius 1 is 0.882 bits per heavy atom. The lowest BCUT2D eigenvalue weighted by molar-refractivity contribution is -0.133. The van der Waals surface area contributed by atoms with Crippen LogP contribution < -0.4 is 5.32 Å². The molecule has 0 spiro atoms. The first-order valence-corrected chi connectivity index (χ1v) is 6.15. The van der Waals surface area contributed by atoms with E-state index >= 15 is 0 Å². The average Bonchev–Trinajstić information content (AvgIpc) is 3.11. The van der Waals surface area contributed by atoms with Crippen LogP contribution in [0, 0.1) is 0 Å². The molecule has 1 heterocycles. The Labute approximate surface area is 100 Å². The van der Waals surface area contributed by atoms with Gasteiger partial charge in [-0.3, -0.25) is 14.9 Å². The van der Waals surface area contributed by atoms with Crippen molar-refractivity contribution < 1.29 is 9.59 Å². The Morgan fingerprint density at radius 2 is 1.41 bits per heavy atom. The van der Waals surface area contributed by atoms with Crippen molar-refractivity contribution in [3.63, 3.8) is 0 Å². The van der Waals surface area contributed by atoms with Crippen molar-refractivity contribution in [2.45, 2.75) is 37.5 Å². The van der Waals surface area contributed by atoms with Crippen LogP contribution in [0.2, 0.25) is 0 Å². The third-order valence-corrected chi connectivity index (χ3v) is 3.60. The number of rotatable bonds is 2. The first kappa shape index (κ1) is 10.5. The number of piperidine rings is 1. The summed E-state index contributed by atoms with van der Waals surface area (Å²) in [5.74, 6) is 0.452. The number of nitrogens with one attached hydrogen (secondary N) is 1. The summed E-state index contributed by atoms with van der Waals surface area (Å²) >= 11 is 0. The second-order valence-corrected chi connectivity index (χ2v) is 4.98. The Hall–Kier alpha value is -1.64. The summed E-state index contributed by atoms with van der Waals surface area (Å²) in [6.45, 7) is 0. The predicted octanol–water partition coefficient (Wildman–Crippen LogP) is 2.08. The van der Waals surface area contributed by atoms with Gasteiger partial charge in [0.2, 0.25) is 11.8 Å². The zero-order valence-electron chi connectivity index (χ0n) is 9.61. The molecule has 88 valence electrons. The van der Waals surface area contributed by atoms with Gasteiger partial charge in [0, 0.05) is 18.8 Å². The van der Waals surface area contributed by atoms with Crippen LogP contribution in [0.25, 0.3) is 0 Å². The molecule has 1 aliphatic carbocycles. The number of carbonyl (C=O) groups is 2. The quantitative estimate of drug-likeness (QED) is 0.789. The zero-order valence-corrected chi connectivity index (χ0v) is 9.61. The molecule has 0 radical (unpaired) electrons. The fourth-order valence-electron chi connectivity index (χ4n) is 2.65. The zero-order chi connectivity index (χ0) is 11.8. The molecular formula is C14H15NO2. The molecule has 3 heteroatoms. The van der Waals surface area contributed by atoms with Gasteiger partial charge >= 0.3 is 0 Å². The third kappa shape index (κ3) is 2.09. The summed E-state index contributed by atoms with van der Waals surface area (Å²) in [4.78, 5) is 22.8. The molecule has 1 aliphatic heterocycles. The molecular weight excluding hydrogens is 214 g/mol. The molecule has 2 amide bonds. The van der Waals surface area contributed by atoms with Crippen LogP contribution >= 0.6 is 0 Å². The van der Waals surface area contributed by atoms with Gasteiger partial charge in [0.05, 0.1) is 0 Å². The minimum atomic E-state index is -0.142. The van der Waals surface area contributed by atoms with E-state index in [1.165, 1.54) is 24.0 Å². The summed E-state index contributed by atoms with van der Waals surface area (Å²) in [6, 6.07) is 8.26. The maximum atomic E-state index is 11.4. The standard InChI is InChI=1S/C14H15NO2/c16-13-7-10(8-14(17)15-13)12-4-2-1-3-11(12)9-5-6-9/h1-4,9-10H,5-8H2,(H,15,16,17). The molecule has 17 heavy (non-hydrogen) atoms. The normalized spacial score (nSPS) is 21.4. The van der Waals surface area contributed by atoms with Crippen molar-refractivity contribution in [2.75, 3.05) is 0 Å². The first-order chi connectivity index (χ1) is 8.24. The van der Waals surface area contributed by atoms with Crippen molar-refractivity contribution in [2.24, 2.45) is 0 Å². The van der Waals surface area contributed by atoms with Gasteiger partial charge in [-0.25, -0.2) is 0 Å². The summed E-state index contributed by atoms with van der Waals surface area (Å²) in [5.41, 5.74) is 2.55. The van der Waals surface area contributed by atoms with Crippen LogP contribution in [-0.4, -0.2) is 11.8 Å². The lowest BCUT2D eigenvalue weighted by atomic mass is 9.85. The van der Waals surface area contributed by atoms with E-state index in [2.05, 4.69) is 17.4 Å². The van der Waals surface area contributed by atoms with Crippen LogP contribution in [0.5, 0.6) is 0 Å². The Kier molecular flexibility index (Phi) is 2.46. The van der Waals surface area contributed by atoms with E-state index in [1.54, 1.807) is 0 Å². The monoisotopic (exact) mass is 229 g/mol. The van der Waals surface area contributed by atoms with E-state index in [4.69, 9.17) is 0 Å². The SMILES string of the molecule is O=C1CC(c2ccccc2C2CC2)CC(=O)N1. The van der Waals surface area contributed by atoms with E-state index in [0.717, 1.165) is 0 Å². The van der Waals surface area contributed by atoms with Crippen LogP contribution in [0.4, 0.5) is 0 Å². The Balaban J connectivity index is 1.92. The number of hydrogen-bond donors (Lipinski definition) is 1. The van der Waals surface area contributed by atoms with E-state index in [-0.39, 0.29) is 17.7 Å². The second kappa shape index (κ2) is 3.99. The van der Waals surface area contributed by atoms with Gasteiger partial charge in [-0.1, -0.05) is 24.3 Å². The Bertz CT molecular complexity index is 461. The van der Waals surface area contributed by atoms with E-state index < -0.39 is 0 Å². The van der Waals surface area contributed by atoms with Crippen LogP contribution in [0.1, 0.15) is 48.6 Å². The van der Waals surface area contributed by atoms with Crippen molar-refractivity contribution in [1.82, 2.24) is 5.32 Å². The average molecular weight is 229 g/mol. The first-order valence-electron chi connectivity index (χ1n) is 6.15. The molecule has 1 saturated carbocycles. The molecule has 0 bridgehead atoms. The predicted molar refractivity (Wildman–Crippen MR) is 63.5 cm³/mol. The molecule has 1 aromatic carbocycles. The number of benzene rings is 1. The smallest absolute Gasteiger partial charge is 0.227 e. The molecule has 3 rings (SSSR count). The summed E-state index contributed by atoms with van der Waals surface area (Å²) in [6.07, 6.45) is 3.36. The maximum absolute atomic E-state index is 11.4. The summed E-state index contributed by atoms with van der Waals surface area (Å²) in [5, 5.41) is 2.37. The molecule has 1 N–H and O–H groups in total. The molecule has 2 fully saturated rings. The van der Waals surface area contributed by atoms with Crippen molar-refractivity contribution in [3.05, 3.63) is 35.4 Å². The number of carbonyl (C=O) groups excluding carboxylic acids is 2. The van der Waals surface area contributed by atoms with Gasteiger partial charge in [-0.15, -0.1) is 0 Å². The summed E-state index contributed by atoms with van der Waals surface area (Å²) < 4.78 is 0. The molecule has 0 aromatic heterocycles. The Morgan fingerprint density at radius 3 is 1.94 bits per heavy atom. The molecule has 1 saturated heterocycles. The highest BCUT2D eigenvalue weighted by Crippen LogP contribution is 2.44. The van der Waals surface area contributed by atoms with Gasteiger partial charge in [0.1, 0.15) is 0 Å². The van der Waals surface area contributed by atoms with Crippen LogP contribution in [0.3, 0.4) is 0 Å².